The van der Waals surface area contributed by atoms with Gasteiger partial charge in [0.1, 0.15) is 4.90 Å². The summed E-state index contributed by atoms with van der Waals surface area (Å²) in [7, 11) is -3.90. The van der Waals surface area contributed by atoms with Crippen molar-refractivity contribution in [2.75, 3.05) is 0 Å². The van der Waals surface area contributed by atoms with Crippen LogP contribution in [0.4, 0.5) is 0 Å². The Labute approximate surface area is 161 Å². The van der Waals surface area contributed by atoms with E-state index in [0.717, 1.165) is 25.7 Å². The molecular formula is C19H19N3O3S2. The van der Waals surface area contributed by atoms with E-state index in [1.54, 1.807) is 6.07 Å². The number of carbonyl (C=O) groups is 1. The second kappa shape index (κ2) is 7.38. The molecule has 1 aliphatic carbocycles. The van der Waals surface area contributed by atoms with Gasteiger partial charge in [0.25, 0.3) is 15.9 Å². The molecule has 1 aliphatic rings. The van der Waals surface area contributed by atoms with Crippen LogP contribution in [0.2, 0.25) is 0 Å². The van der Waals surface area contributed by atoms with Gasteiger partial charge >= 0.3 is 0 Å². The first kappa shape index (κ1) is 18.1. The summed E-state index contributed by atoms with van der Waals surface area (Å²) in [6, 6.07) is 10.7. The normalized spacial score (nSPS) is 14.5. The second-order valence-electron chi connectivity index (χ2n) is 6.54. The largest absolute Gasteiger partial charge is 0.276 e. The highest BCUT2D eigenvalue weighted by atomic mass is 32.2. The highest BCUT2D eigenvalue weighted by Gasteiger charge is 2.20. The molecule has 0 radical (unpaired) electrons. The Morgan fingerprint density at radius 2 is 1.89 bits per heavy atom. The number of rotatable bonds is 4. The van der Waals surface area contributed by atoms with Crippen LogP contribution in [0.1, 0.15) is 39.4 Å². The minimum Gasteiger partial charge on any atom is -0.273 e. The molecule has 0 saturated heterocycles. The van der Waals surface area contributed by atoms with Crippen LogP contribution >= 0.6 is 11.3 Å². The number of nitrogens with zero attached hydrogens (tertiary/aromatic N) is 1. The van der Waals surface area contributed by atoms with Crippen molar-refractivity contribution in [3.63, 3.8) is 0 Å². The number of benzene rings is 1. The number of pyridine rings is 1. The number of para-hydroxylation sites is 1. The molecule has 0 unspecified atom stereocenters. The zero-order valence-electron chi connectivity index (χ0n) is 14.6. The summed E-state index contributed by atoms with van der Waals surface area (Å²) in [6.07, 6.45) is 6.73. The van der Waals surface area contributed by atoms with E-state index in [1.807, 2.05) is 24.3 Å². The summed E-state index contributed by atoms with van der Waals surface area (Å²) in [5.74, 6) is -0.439. The maximum Gasteiger partial charge on any atom is 0.276 e. The van der Waals surface area contributed by atoms with Crippen LogP contribution in [0, 0.1) is 0 Å². The van der Waals surface area contributed by atoms with Crippen molar-refractivity contribution in [3.8, 4) is 0 Å². The Hall–Kier alpha value is -2.29. The van der Waals surface area contributed by atoms with Crippen molar-refractivity contribution in [3.05, 3.63) is 57.9 Å². The van der Waals surface area contributed by atoms with Gasteiger partial charge in [-0.1, -0.05) is 24.6 Å². The maximum atomic E-state index is 12.5. The Morgan fingerprint density at radius 3 is 2.78 bits per heavy atom. The second-order valence-corrected chi connectivity index (χ2v) is 9.36. The third-order valence-electron chi connectivity index (χ3n) is 4.65. The number of aromatic nitrogens is 1. The van der Waals surface area contributed by atoms with Crippen LogP contribution in [-0.2, 0) is 22.9 Å². The molecule has 2 aromatic heterocycles. The molecule has 140 valence electrons. The average molecular weight is 402 g/mol. The van der Waals surface area contributed by atoms with Crippen molar-refractivity contribution < 1.29 is 13.2 Å². The molecule has 0 saturated carbocycles. The number of aryl methyl sites for hydroxylation is 2. The molecule has 0 atom stereocenters. The first-order chi connectivity index (χ1) is 13.0. The van der Waals surface area contributed by atoms with Gasteiger partial charge in [0.15, 0.2) is 0 Å². The predicted molar refractivity (Wildman–Crippen MR) is 105 cm³/mol. The summed E-state index contributed by atoms with van der Waals surface area (Å²) < 4.78 is 25.0. The van der Waals surface area contributed by atoms with Crippen LogP contribution in [0.5, 0.6) is 0 Å². The third kappa shape index (κ3) is 3.87. The van der Waals surface area contributed by atoms with E-state index in [-0.39, 0.29) is 4.90 Å². The highest BCUT2D eigenvalue weighted by Crippen LogP contribution is 2.28. The van der Waals surface area contributed by atoms with Gasteiger partial charge in [0.2, 0.25) is 0 Å². The highest BCUT2D eigenvalue weighted by molar-refractivity contribution is 7.89. The number of hydrazine groups is 1. The van der Waals surface area contributed by atoms with Gasteiger partial charge < -0.3 is 0 Å². The number of thiophene rings is 1. The van der Waals surface area contributed by atoms with Crippen molar-refractivity contribution in [2.45, 2.75) is 37.0 Å². The fourth-order valence-corrected chi connectivity index (χ4v) is 5.18. The molecule has 3 aromatic rings. The van der Waals surface area contributed by atoms with Crippen LogP contribution < -0.4 is 10.3 Å². The van der Waals surface area contributed by atoms with Crippen molar-refractivity contribution in [1.82, 2.24) is 15.2 Å². The monoisotopic (exact) mass is 401 g/mol. The first-order valence-corrected chi connectivity index (χ1v) is 11.1. The maximum absolute atomic E-state index is 12.5. The molecule has 2 heterocycles. The van der Waals surface area contributed by atoms with Crippen molar-refractivity contribution in [1.29, 1.82) is 0 Å². The summed E-state index contributed by atoms with van der Waals surface area (Å²) >= 11 is 1.45. The van der Waals surface area contributed by atoms with Gasteiger partial charge in [-0.3, -0.25) is 15.2 Å². The van der Waals surface area contributed by atoms with Gasteiger partial charge in [0, 0.05) is 16.5 Å². The lowest BCUT2D eigenvalue weighted by atomic mass is 10.1. The van der Waals surface area contributed by atoms with Crippen LogP contribution in [0.3, 0.4) is 0 Å². The molecule has 0 spiro atoms. The van der Waals surface area contributed by atoms with Crippen LogP contribution in [-0.4, -0.2) is 19.3 Å². The molecule has 6 nitrogen and oxygen atoms in total. The van der Waals surface area contributed by atoms with Gasteiger partial charge in [-0.15, -0.1) is 16.2 Å². The molecule has 0 aliphatic heterocycles. The smallest absolute Gasteiger partial charge is 0.273 e. The number of fused-ring (bicyclic) bond motifs is 2. The van der Waals surface area contributed by atoms with E-state index in [4.69, 9.17) is 0 Å². The fraction of sp³-hybridized carbons (Fsp3) is 0.263. The first-order valence-electron chi connectivity index (χ1n) is 8.81. The van der Waals surface area contributed by atoms with E-state index >= 15 is 0 Å². The number of sulfonamides is 1. The molecule has 2 N–H and O–H groups in total. The molecule has 8 heteroatoms. The van der Waals surface area contributed by atoms with Gasteiger partial charge in [-0.2, -0.15) is 0 Å². The number of carbonyl (C=O) groups excluding carboxylic acids is 1. The minimum atomic E-state index is -3.90. The van der Waals surface area contributed by atoms with Crippen molar-refractivity contribution in [2.24, 2.45) is 0 Å². The number of amides is 1. The van der Waals surface area contributed by atoms with E-state index in [2.05, 4.69) is 15.2 Å². The predicted octanol–water partition coefficient (Wildman–Crippen LogP) is 3.19. The standard InChI is InChI=1S/C19H19N3O3S2/c23-19(18-11-14-7-2-1-3-9-17(14)26-18)21-22-27(24,25)15-10-13-6-4-5-8-16(13)20-12-15/h4-6,8,10-12,22H,1-3,7,9H2,(H,21,23). The van der Waals surface area contributed by atoms with Gasteiger partial charge in [-0.05, 0) is 49.4 Å². The quantitative estimate of drug-likeness (QED) is 0.519. The van der Waals surface area contributed by atoms with Crippen molar-refractivity contribution >= 4 is 38.2 Å². The minimum absolute atomic E-state index is 0.00321. The zero-order valence-corrected chi connectivity index (χ0v) is 16.2. The van der Waals surface area contributed by atoms with E-state index < -0.39 is 15.9 Å². The molecule has 1 amide bonds. The summed E-state index contributed by atoms with van der Waals surface area (Å²) in [5, 5.41) is 0.716. The Bertz CT molecular complexity index is 1080. The lowest BCUT2D eigenvalue weighted by Gasteiger charge is -2.08. The summed E-state index contributed by atoms with van der Waals surface area (Å²) in [5.41, 5.74) is 4.24. The lowest BCUT2D eigenvalue weighted by Crippen LogP contribution is -2.41. The Balaban J connectivity index is 1.49. The lowest BCUT2D eigenvalue weighted by molar-refractivity contribution is 0.0949. The zero-order chi connectivity index (χ0) is 18.9. The Morgan fingerprint density at radius 1 is 1.07 bits per heavy atom. The van der Waals surface area contributed by atoms with E-state index in [9.17, 15) is 13.2 Å². The molecule has 0 fully saturated rings. The molecule has 4 rings (SSSR count). The van der Waals surface area contributed by atoms with Gasteiger partial charge in [-0.25, -0.2) is 8.42 Å². The van der Waals surface area contributed by atoms with Crippen LogP contribution in [0.15, 0.2) is 47.5 Å². The Kier molecular flexibility index (Phi) is 4.94. The van der Waals surface area contributed by atoms with E-state index in [0.29, 0.717) is 15.8 Å². The van der Waals surface area contributed by atoms with Crippen LogP contribution in [0.25, 0.3) is 10.9 Å². The molecular weight excluding hydrogens is 382 g/mol. The number of nitrogens with one attached hydrogen (secondary N) is 2. The third-order valence-corrected chi connectivity index (χ3v) is 7.10. The molecule has 1 aromatic carbocycles. The SMILES string of the molecule is O=C(NNS(=O)(=O)c1cnc2ccccc2c1)c1cc2c(s1)CCCCC2. The average Bonchev–Trinajstić information content (AvgIpc) is 2.96. The number of hydrogen-bond acceptors (Lipinski definition) is 5. The number of hydrogen-bond donors (Lipinski definition) is 2. The summed E-state index contributed by atoms with van der Waals surface area (Å²) in [6.45, 7) is 0. The fourth-order valence-electron chi connectivity index (χ4n) is 3.21. The van der Waals surface area contributed by atoms with Gasteiger partial charge in [0.05, 0.1) is 10.4 Å². The molecule has 27 heavy (non-hydrogen) atoms. The van der Waals surface area contributed by atoms with E-state index in [1.165, 1.54) is 40.5 Å². The topological polar surface area (TPSA) is 88.2 Å². The molecule has 0 bridgehead atoms. The summed E-state index contributed by atoms with van der Waals surface area (Å²) in [4.78, 5) is 20.5.